The normalized spacial score (nSPS) is 15.4. The molecule has 96 valence electrons. The van der Waals surface area contributed by atoms with Gasteiger partial charge >= 0.3 is 6.18 Å². The summed E-state index contributed by atoms with van der Waals surface area (Å²) in [6.07, 6.45) is -5.79. The van der Waals surface area contributed by atoms with E-state index >= 15 is 0 Å². The van der Waals surface area contributed by atoms with Crippen LogP contribution in [-0.2, 0) is 5.67 Å². The Labute approximate surface area is 96.4 Å². The maximum absolute atomic E-state index is 14.0. The zero-order valence-corrected chi connectivity index (χ0v) is 9.22. The van der Waals surface area contributed by atoms with Crippen LogP contribution in [0.3, 0.4) is 0 Å². The Kier molecular flexibility index (Phi) is 3.98. The van der Waals surface area contributed by atoms with Gasteiger partial charge in [-0.2, -0.15) is 13.2 Å². The zero-order chi connectivity index (χ0) is 13.1. The number of hydrogen-bond acceptors (Lipinski definition) is 2. The van der Waals surface area contributed by atoms with Crippen molar-refractivity contribution in [2.75, 3.05) is 13.7 Å². The highest BCUT2D eigenvalue weighted by Gasteiger charge is 2.56. The summed E-state index contributed by atoms with van der Waals surface area (Å²) in [5.74, 6) is 0.367. The van der Waals surface area contributed by atoms with Crippen molar-refractivity contribution in [1.29, 1.82) is 0 Å². The minimum Gasteiger partial charge on any atom is -0.497 e. The maximum Gasteiger partial charge on any atom is 0.426 e. The Hall–Kier alpha value is -1.30. The number of methoxy groups -OCH3 is 1. The number of halogens is 4. The molecule has 2 N–H and O–H groups in total. The lowest BCUT2D eigenvalue weighted by Gasteiger charge is -2.28. The molecule has 0 radical (unpaired) electrons. The molecule has 0 aromatic heterocycles. The van der Waals surface area contributed by atoms with Crippen molar-refractivity contribution in [2.24, 2.45) is 5.73 Å². The quantitative estimate of drug-likeness (QED) is 0.835. The molecule has 0 aliphatic carbocycles. The first-order valence-electron chi connectivity index (χ1n) is 4.95. The van der Waals surface area contributed by atoms with Gasteiger partial charge in [0, 0.05) is 6.42 Å². The number of hydrogen-bond donors (Lipinski definition) is 1. The van der Waals surface area contributed by atoms with Crippen molar-refractivity contribution in [3.63, 3.8) is 0 Å². The van der Waals surface area contributed by atoms with Crippen LogP contribution in [0.4, 0.5) is 17.6 Å². The molecule has 0 saturated carbocycles. The van der Waals surface area contributed by atoms with Crippen molar-refractivity contribution < 1.29 is 22.3 Å². The van der Waals surface area contributed by atoms with Crippen molar-refractivity contribution in [2.45, 2.75) is 18.3 Å². The van der Waals surface area contributed by atoms with E-state index < -0.39 is 23.8 Å². The zero-order valence-electron chi connectivity index (χ0n) is 9.22. The minimum atomic E-state index is -4.99. The van der Waals surface area contributed by atoms with Gasteiger partial charge in [-0.25, -0.2) is 4.39 Å². The predicted octanol–water partition coefficient (Wildman–Crippen LogP) is 2.77. The highest BCUT2D eigenvalue weighted by molar-refractivity contribution is 5.32. The molecule has 0 amide bonds. The molecule has 0 bridgehead atoms. The number of benzene rings is 1. The van der Waals surface area contributed by atoms with Gasteiger partial charge in [-0.15, -0.1) is 0 Å². The fourth-order valence-corrected chi connectivity index (χ4v) is 1.50. The monoisotopic (exact) mass is 251 g/mol. The van der Waals surface area contributed by atoms with Gasteiger partial charge in [0.1, 0.15) is 5.75 Å². The lowest BCUT2D eigenvalue weighted by molar-refractivity contribution is -0.237. The molecule has 1 atom stereocenters. The summed E-state index contributed by atoms with van der Waals surface area (Å²) in [4.78, 5) is 0. The second kappa shape index (κ2) is 4.91. The summed E-state index contributed by atoms with van der Waals surface area (Å²) in [5, 5.41) is 0. The van der Waals surface area contributed by atoms with Gasteiger partial charge in [0.05, 0.1) is 7.11 Å². The average molecular weight is 251 g/mol. The molecular formula is C11H13F4NO. The largest absolute Gasteiger partial charge is 0.497 e. The van der Waals surface area contributed by atoms with E-state index in [1.165, 1.54) is 19.2 Å². The van der Waals surface area contributed by atoms with Gasteiger partial charge < -0.3 is 10.5 Å². The third kappa shape index (κ3) is 2.69. The fourth-order valence-electron chi connectivity index (χ4n) is 1.50. The van der Waals surface area contributed by atoms with Gasteiger partial charge in [-0.1, -0.05) is 12.1 Å². The standard InChI is InChI=1S/C11H13F4NO/c1-17-9-4-2-8(3-5-9)10(12,6-7-16)11(13,14)15/h2-5H,6-7,16H2,1H3. The van der Waals surface area contributed by atoms with E-state index in [0.717, 1.165) is 12.1 Å². The first-order valence-corrected chi connectivity index (χ1v) is 4.95. The second-order valence-electron chi connectivity index (χ2n) is 3.57. The second-order valence-corrected chi connectivity index (χ2v) is 3.57. The van der Waals surface area contributed by atoms with Crippen LogP contribution in [0.25, 0.3) is 0 Å². The van der Waals surface area contributed by atoms with Gasteiger partial charge in [0.25, 0.3) is 0 Å². The fraction of sp³-hybridized carbons (Fsp3) is 0.455. The van der Waals surface area contributed by atoms with Gasteiger partial charge in [-0.3, -0.25) is 0 Å². The maximum atomic E-state index is 14.0. The third-order valence-corrected chi connectivity index (χ3v) is 2.49. The van der Waals surface area contributed by atoms with Crippen LogP contribution in [0.5, 0.6) is 5.75 Å². The summed E-state index contributed by atoms with van der Waals surface area (Å²) in [7, 11) is 1.38. The van der Waals surface area contributed by atoms with E-state index in [2.05, 4.69) is 0 Å². The molecule has 1 aromatic carbocycles. The summed E-state index contributed by atoms with van der Waals surface area (Å²) < 4.78 is 56.9. The summed E-state index contributed by atoms with van der Waals surface area (Å²) in [6.45, 7) is -0.387. The van der Waals surface area contributed by atoms with Crippen LogP contribution in [0, 0.1) is 0 Å². The first kappa shape index (κ1) is 13.8. The van der Waals surface area contributed by atoms with E-state index in [0.29, 0.717) is 5.75 Å². The van der Waals surface area contributed by atoms with Gasteiger partial charge in [-0.05, 0) is 24.2 Å². The topological polar surface area (TPSA) is 35.2 Å². The van der Waals surface area contributed by atoms with Crippen molar-refractivity contribution in [3.8, 4) is 5.75 Å². The smallest absolute Gasteiger partial charge is 0.426 e. The van der Waals surface area contributed by atoms with Crippen LogP contribution in [-0.4, -0.2) is 19.8 Å². The molecule has 2 nitrogen and oxygen atoms in total. The van der Waals surface area contributed by atoms with E-state index in [9.17, 15) is 17.6 Å². The Balaban J connectivity index is 3.13. The van der Waals surface area contributed by atoms with E-state index in [1.807, 2.05) is 0 Å². The van der Waals surface area contributed by atoms with Crippen molar-refractivity contribution >= 4 is 0 Å². The molecule has 0 heterocycles. The van der Waals surface area contributed by atoms with Crippen LogP contribution in [0.15, 0.2) is 24.3 Å². The average Bonchev–Trinajstić information content (AvgIpc) is 2.28. The Morgan fingerprint density at radius 1 is 1.12 bits per heavy atom. The van der Waals surface area contributed by atoms with Crippen LogP contribution in [0.1, 0.15) is 12.0 Å². The number of nitrogens with two attached hydrogens (primary N) is 1. The molecule has 0 spiro atoms. The lowest BCUT2D eigenvalue weighted by Crippen LogP contribution is -2.39. The molecule has 17 heavy (non-hydrogen) atoms. The van der Waals surface area contributed by atoms with Crippen LogP contribution < -0.4 is 10.5 Å². The molecule has 0 aliphatic heterocycles. The lowest BCUT2D eigenvalue weighted by atomic mass is 9.91. The minimum absolute atomic E-state index is 0.367. The van der Waals surface area contributed by atoms with E-state index in [-0.39, 0.29) is 6.54 Å². The Morgan fingerprint density at radius 2 is 1.65 bits per heavy atom. The molecular weight excluding hydrogens is 238 g/mol. The first-order chi connectivity index (χ1) is 7.85. The predicted molar refractivity (Wildman–Crippen MR) is 55.5 cm³/mol. The van der Waals surface area contributed by atoms with Gasteiger partial charge in [0.15, 0.2) is 0 Å². The SMILES string of the molecule is COc1ccc(C(F)(CCN)C(F)(F)F)cc1. The van der Waals surface area contributed by atoms with E-state index in [1.54, 1.807) is 0 Å². The van der Waals surface area contributed by atoms with Crippen molar-refractivity contribution in [3.05, 3.63) is 29.8 Å². The molecule has 1 aromatic rings. The summed E-state index contributed by atoms with van der Waals surface area (Å²) in [5.41, 5.74) is 1.17. The molecule has 1 unspecified atom stereocenters. The molecule has 0 saturated heterocycles. The molecule has 0 fully saturated rings. The van der Waals surface area contributed by atoms with Crippen LogP contribution >= 0.6 is 0 Å². The Bertz CT molecular complexity index is 363. The summed E-state index contributed by atoms with van der Waals surface area (Å²) >= 11 is 0. The van der Waals surface area contributed by atoms with E-state index in [4.69, 9.17) is 10.5 Å². The highest BCUT2D eigenvalue weighted by Crippen LogP contribution is 2.45. The number of rotatable bonds is 4. The molecule has 6 heteroatoms. The number of ether oxygens (including phenoxy) is 1. The molecule has 1 rings (SSSR count). The summed E-state index contributed by atoms with van der Waals surface area (Å²) in [6, 6.07) is 4.68. The van der Waals surface area contributed by atoms with Crippen molar-refractivity contribution in [1.82, 2.24) is 0 Å². The Morgan fingerprint density at radius 3 is 2.00 bits per heavy atom. The third-order valence-electron chi connectivity index (χ3n) is 2.49. The number of alkyl halides is 4. The molecule has 0 aliphatic rings. The highest BCUT2D eigenvalue weighted by atomic mass is 19.4. The van der Waals surface area contributed by atoms with Gasteiger partial charge in [0.2, 0.25) is 5.67 Å². The van der Waals surface area contributed by atoms with Crippen LogP contribution in [0.2, 0.25) is 0 Å².